The van der Waals surface area contributed by atoms with Crippen LogP contribution in [-0.4, -0.2) is 39.4 Å². The largest absolute Gasteiger partial charge is 0.342 e. The minimum atomic E-state index is -0.194. The van der Waals surface area contributed by atoms with E-state index < -0.39 is 0 Å². The SMILES string of the molecule is CC[C@H](CN=O)NC1Nc2c(ncn2C(C)C)C(N(Cc2ccccc2)C(C)C)N1. The van der Waals surface area contributed by atoms with E-state index in [9.17, 15) is 4.91 Å². The van der Waals surface area contributed by atoms with Gasteiger partial charge in [0.15, 0.2) is 0 Å². The second-order valence-corrected chi connectivity index (χ2v) is 8.46. The molecule has 3 rings (SSSR count). The van der Waals surface area contributed by atoms with E-state index >= 15 is 0 Å². The van der Waals surface area contributed by atoms with Crippen molar-refractivity contribution in [3.8, 4) is 0 Å². The molecule has 0 saturated heterocycles. The Morgan fingerprint density at radius 1 is 1.23 bits per heavy atom. The van der Waals surface area contributed by atoms with E-state index in [0.29, 0.717) is 6.04 Å². The lowest BCUT2D eigenvalue weighted by Crippen LogP contribution is -2.59. The molecule has 2 unspecified atom stereocenters. The number of rotatable bonds is 10. The number of hydrogen-bond donors (Lipinski definition) is 3. The van der Waals surface area contributed by atoms with Crippen LogP contribution in [0.25, 0.3) is 0 Å². The fourth-order valence-electron chi connectivity index (χ4n) is 3.87. The van der Waals surface area contributed by atoms with Crippen molar-refractivity contribution in [2.24, 2.45) is 5.18 Å². The summed E-state index contributed by atoms with van der Waals surface area (Å²) in [4.78, 5) is 18.0. The quantitative estimate of drug-likeness (QED) is 0.514. The molecular formula is C22H35N7O. The number of anilines is 1. The average Bonchev–Trinajstić information content (AvgIpc) is 3.16. The molecule has 0 bridgehead atoms. The van der Waals surface area contributed by atoms with Crippen molar-refractivity contribution in [3.05, 3.63) is 52.8 Å². The topological polar surface area (TPSA) is 86.6 Å². The molecule has 1 aliphatic rings. The van der Waals surface area contributed by atoms with Crippen LogP contribution in [0.2, 0.25) is 0 Å². The predicted octanol–water partition coefficient (Wildman–Crippen LogP) is 3.81. The highest BCUT2D eigenvalue weighted by molar-refractivity contribution is 5.47. The van der Waals surface area contributed by atoms with Crippen molar-refractivity contribution in [2.75, 3.05) is 11.9 Å². The van der Waals surface area contributed by atoms with Gasteiger partial charge in [-0.05, 0) is 39.7 Å². The van der Waals surface area contributed by atoms with E-state index in [1.165, 1.54) is 5.56 Å². The zero-order chi connectivity index (χ0) is 21.7. The Kier molecular flexibility index (Phi) is 7.58. The molecule has 2 heterocycles. The van der Waals surface area contributed by atoms with Gasteiger partial charge >= 0.3 is 0 Å². The molecule has 0 spiro atoms. The van der Waals surface area contributed by atoms with Gasteiger partial charge in [0.05, 0.1) is 12.9 Å². The summed E-state index contributed by atoms with van der Waals surface area (Å²) in [5.74, 6) is 1.01. The number of aromatic nitrogens is 2. The highest BCUT2D eigenvalue weighted by Gasteiger charge is 2.35. The first-order chi connectivity index (χ1) is 14.4. The van der Waals surface area contributed by atoms with Gasteiger partial charge in [0, 0.05) is 24.7 Å². The van der Waals surface area contributed by atoms with Crippen molar-refractivity contribution >= 4 is 5.82 Å². The summed E-state index contributed by atoms with van der Waals surface area (Å²) >= 11 is 0. The third kappa shape index (κ3) is 5.06. The van der Waals surface area contributed by atoms with Gasteiger partial charge < -0.3 is 9.88 Å². The number of nitrogens with one attached hydrogen (secondary N) is 3. The van der Waals surface area contributed by atoms with Gasteiger partial charge in [-0.1, -0.05) is 42.4 Å². The van der Waals surface area contributed by atoms with Gasteiger partial charge in [-0.3, -0.25) is 15.5 Å². The monoisotopic (exact) mass is 413 g/mol. The summed E-state index contributed by atoms with van der Waals surface area (Å²) in [5.41, 5.74) is 2.26. The summed E-state index contributed by atoms with van der Waals surface area (Å²) in [6.07, 6.45) is 2.47. The van der Waals surface area contributed by atoms with Crippen LogP contribution in [0.15, 0.2) is 41.8 Å². The van der Waals surface area contributed by atoms with Gasteiger partial charge in [-0.2, -0.15) is 4.91 Å². The summed E-state index contributed by atoms with van der Waals surface area (Å²) in [6.45, 7) is 11.8. The molecule has 0 fully saturated rings. The van der Waals surface area contributed by atoms with E-state index in [1.54, 1.807) is 0 Å². The summed E-state index contributed by atoms with van der Waals surface area (Å²) in [7, 11) is 0. The standard InChI is InChI=1S/C22H35N7O/c1-6-18(12-24-30)25-22-26-20(19-21(27-22)29(14-23-19)16(4)5)28(15(2)3)13-17-10-8-7-9-11-17/h7-11,14-16,18,20,22,25-27H,6,12-13H2,1-5H3/t18-,20?,22?/m1/s1. The van der Waals surface area contributed by atoms with Crippen LogP contribution in [0.4, 0.5) is 5.82 Å². The number of hydrogen-bond acceptors (Lipinski definition) is 7. The molecule has 0 saturated carbocycles. The molecular weight excluding hydrogens is 378 g/mol. The van der Waals surface area contributed by atoms with Gasteiger partial charge in [-0.15, -0.1) is 0 Å². The van der Waals surface area contributed by atoms with Crippen LogP contribution in [0.5, 0.6) is 0 Å². The maximum atomic E-state index is 10.8. The lowest BCUT2D eigenvalue weighted by molar-refractivity contribution is 0.0961. The second kappa shape index (κ2) is 10.1. The number of benzene rings is 1. The molecule has 2 aromatic rings. The second-order valence-electron chi connectivity index (χ2n) is 8.46. The molecule has 0 aliphatic carbocycles. The van der Waals surface area contributed by atoms with Gasteiger partial charge in [-0.25, -0.2) is 4.98 Å². The molecule has 8 nitrogen and oxygen atoms in total. The Labute approximate surface area is 179 Å². The van der Waals surface area contributed by atoms with Gasteiger partial charge in [0.1, 0.15) is 24.0 Å². The number of imidazole rings is 1. The lowest BCUT2D eigenvalue weighted by Gasteiger charge is -2.42. The highest BCUT2D eigenvalue weighted by atomic mass is 16.3. The molecule has 0 amide bonds. The molecule has 1 aromatic heterocycles. The van der Waals surface area contributed by atoms with Gasteiger partial charge in [0.25, 0.3) is 0 Å². The molecule has 0 radical (unpaired) electrons. The minimum Gasteiger partial charge on any atom is -0.342 e. The van der Waals surface area contributed by atoms with Crippen LogP contribution in [0.3, 0.4) is 0 Å². The van der Waals surface area contributed by atoms with Crippen LogP contribution < -0.4 is 16.0 Å². The van der Waals surface area contributed by atoms with Crippen molar-refractivity contribution in [3.63, 3.8) is 0 Å². The summed E-state index contributed by atoms with van der Waals surface area (Å²) in [6, 6.07) is 11.1. The predicted molar refractivity (Wildman–Crippen MR) is 121 cm³/mol. The average molecular weight is 414 g/mol. The maximum absolute atomic E-state index is 10.8. The first-order valence-corrected chi connectivity index (χ1v) is 10.9. The number of nitroso groups, excluding NO2 is 1. The van der Waals surface area contributed by atoms with Gasteiger partial charge in [0.2, 0.25) is 0 Å². The molecule has 3 atom stereocenters. The van der Waals surface area contributed by atoms with E-state index in [-0.39, 0.29) is 31.1 Å². The summed E-state index contributed by atoms with van der Waals surface area (Å²) < 4.78 is 2.16. The lowest BCUT2D eigenvalue weighted by atomic mass is 10.1. The van der Waals surface area contributed by atoms with Crippen molar-refractivity contribution < 1.29 is 0 Å². The third-order valence-corrected chi connectivity index (χ3v) is 5.64. The zero-order valence-electron chi connectivity index (χ0n) is 18.7. The number of nitrogens with zero attached hydrogens (tertiary/aromatic N) is 4. The molecule has 8 heteroatoms. The number of fused-ring (bicyclic) bond motifs is 1. The Balaban J connectivity index is 1.93. The zero-order valence-corrected chi connectivity index (χ0v) is 18.7. The smallest absolute Gasteiger partial charge is 0.135 e. The molecule has 3 N–H and O–H groups in total. The van der Waals surface area contributed by atoms with Crippen LogP contribution in [0.1, 0.15) is 64.5 Å². The summed E-state index contributed by atoms with van der Waals surface area (Å²) in [5, 5.41) is 13.8. The fourth-order valence-corrected chi connectivity index (χ4v) is 3.87. The Morgan fingerprint density at radius 3 is 2.57 bits per heavy atom. The molecule has 1 aromatic carbocycles. The van der Waals surface area contributed by atoms with E-state index in [2.05, 4.69) is 89.5 Å². The van der Waals surface area contributed by atoms with Crippen molar-refractivity contribution in [1.29, 1.82) is 0 Å². The minimum absolute atomic E-state index is 0.00625. The van der Waals surface area contributed by atoms with Crippen LogP contribution >= 0.6 is 0 Å². The third-order valence-electron chi connectivity index (χ3n) is 5.64. The van der Waals surface area contributed by atoms with Crippen molar-refractivity contribution in [1.82, 2.24) is 25.1 Å². The van der Waals surface area contributed by atoms with Crippen molar-refractivity contribution in [2.45, 2.75) is 78.2 Å². The van der Waals surface area contributed by atoms with E-state index in [0.717, 1.165) is 24.5 Å². The Hall–Kier alpha value is -2.29. The maximum Gasteiger partial charge on any atom is 0.135 e. The first-order valence-electron chi connectivity index (χ1n) is 10.9. The first kappa shape index (κ1) is 22.4. The van der Waals surface area contributed by atoms with Crippen LogP contribution in [-0.2, 0) is 6.54 Å². The normalized spacial score (nSPS) is 19.7. The molecule has 1 aliphatic heterocycles. The Morgan fingerprint density at radius 2 is 1.97 bits per heavy atom. The highest BCUT2D eigenvalue weighted by Crippen LogP contribution is 2.33. The fraction of sp³-hybridized carbons (Fsp3) is 0.591. The van der Waals surface area contributed by atoms with E-state index in [1.807, 2.05) is 12.4 Å². The molecule has 164 valence electrons. The molecule has 30 heavy (non-hydrogen) atoms. The Bertz CT molecular complexity index is 805. The van der Waals surface area contributed by atoms with E-state index in [4.69, 9.17) is 4.98 Å². The van der Waals surface area contributed by atoms with Crippen LogP contribution in [0, 0.1) is 4.91 Å².